The SMILES string of the molecule is COC(=O)[C@]1(Cc2ccccc2CN=[N+]=[N-])N=C(c2ccc(OCCCO)cc2)O[C@@H]1C. The Kier molecular flexibility index (Phi) is 7.70. The number of azide groups is 1. The molecule has 168 valence electrons. The zero-order valence-corrected chi connectivity index (χ0v) is 18.1. The Morgan fingerprint density at radius 1 is 1.25 bits per heavy atom. The van der Waals surface area contributed by atoms with Gasteiger partial charge in [-0.15, -0.1) is 0 Å². The van der Waals surface area contributed by atoms with Gasteiger partial charge in [-0.1, -0.05) is 29.4 Å². The molecule has 1 heterocycles. The van der Waals surface area contributed by atoms with Gasteiger partial charge < -0.3 is 19.3 Å². The van der Waals surface area contributed by atoms with Crippen LogP contribution in [-0.4, -0.2) is 48.9 Å². The van der Waals surface area contributed by atoms with E-state index >= 15 is 0 Å². The van der Waals surface area contributed by atoms with Crippen LogP contribution in [0, 0.1) is 0 Å². The first-order chi connectivity index (χ1) is 15.5. The Labute approximate surface area is 186 Å². The highest BCUT2D eigenvalue weighted by molar-refractivity contribution is 5.99. The van der Waals surface area contributed by atoms with Gasteiger partial charge in [0.05, 0.1) is 20.3 Å². The first-order valence-electron chi connectivity index (χ1n) is 10.3. The van der Waals surface area contributed by atoms with Crippen LogP contribution >= 0.6 is 0 Å². The number of carbonyl (C=O) groups excluding carboxylic acids is 1. The Balaban J connectivity index is 1.91. The van der Waals surface area contributed by atoms with E-state index < -0.39 is 17.6 Å². The standard InChI is InChI=1S/C23H26N4O5/c1-16-23(22(29)30-2,14-18-6-3-4-7-19(18)15-25-27-24)26-21(32-16)17-8-10-20(11-9-17)31-13-5-12-28/h3-4,6-11,16,28H,5,12-15H2,1-2H3/t16-,23-/m1/s1. The van der Waals surface area contributed by atoms with Crippen LogP contribution in [0.15, 0.2) is 58.6 Å². The molecule has 0 radical (unpaired) electrons. The van der Waals surface area contributed by atoms with Crippen molar-refractivity contribution in [3.63, 3.8) is 0 Å². The Bertz CT molecular complexity index is 1020. The van der Waals surface area contributed by atoms with Crippen LogP contribution in [0.2, 0.25) is 0 Å². The molecule has 3 rings (SSSR count). The van der Waals surface area contributed by atoms with Crippen LogP contribution in [0.25, 0.3) is 10.4 Å². The summed E-state index contributed by atoms with van der Waals surface area (Å²) in [4.78, 5) is 20.5. The lowest BCUT2D eigenvalue weighted by Crippen LogP contribution is -2.47. The molecule has 1 aliphatic heterocycles. The average Bonchev–Trinajstić information content (AvgIpc) is 3.15. The van der Waals surface area contributed by atoms with Crippen LogP contribution in [0.1, 0.15) is 30.0 Å². The molecule has 0 spiro atoms. The second kappa shape index (κ2) is 10.7. The number of aliphatic hydroxyl groups is 1. The summed E-state index contributed by atoms with van der Waals surface area (Å²) in [5.74, 6) is 0.514. The third kappa shape index (κ3) is 5.01. The predicted molar refractivity (Wildman–Crippen MR) is 118 cm³/mol. The number of aliphatic hydroxyl groups excluding tert-OH is 1. The highest BCUT2D eigenvalue weighted by Crippen LogP contribution is 2.34. The molecule has 2 aromatic carbocycles. The number of carbonyl (C=O) groups is 1. The molecule has 0 unspecified atom stereocenters. The van der Waals surface area contributed by atoms with E-state index in [1.807, 2.05) is 36.4 Å². The van der Waals surface area contributed by atoms with E-state index in [4.69, 9.17) is 29.8 Å². The molecule has 2 atom stereocenters. The number of esters is 1. The maximum absolute atomic E-state index is 12.9. The fourth-order valence-electron chi connectivity index (χ4n) is 3.57. The first-order valence-corrected chi connectivity index (χ1v) is 10.3. The van der Waals surface area contributed by atoms with Gasteiger partial charge in [0.1, 0.15) is 11.9 Å². The number of hydrogen-bond acceptors (Lipinski definition) is 7. The maximum atomic E-state index is 12.9. The van der Waals surface area contributed by atoms with Crippen LogP contribution in [0.5, 0.6) is 5.75 Å². The summed E-state index contributed by atoms with van der Waals surface area (Å²) in [6, 6.07) is 14.6. The molecular formula is C23H26N4O5. The molecule has 0 amide bonds. The fourth-order valence-corrected chi connectivity index (χ4v) is 3.57. The van der Waals surface area contributed by atoms with Gasteiger partial charge in [0, 0.05) is 29.9 Å². The number of aliphatic imine (C=N–C) groups is 1. The van der Waals surface area contributed by atoms with Gasteiger partial charge in [-0.2, -0.15) is 0 Å². The molecule has 0 fully saturated rings. The summed E-state index contributed by atoms with van der Waals surface area (Å²) in [5, 5.41) is 12.5. The summed E-state index contributed by atoms with van der Waals surface area (Å²) >= 11 is 0. The summed E-state index contributed by atoms with van der Waals surface area (Å²) in [6.07, 6.45) is 0.222. The van der Waals surface area contributed by atoms with Crippen molar-refractivity contribution in [2.75, 3.05) is 20.3 Å². The summed E-state index contributed by atoms with van der Waals surface area (Å²) in [7, 11) is 1.33. The highest BCUT2D eigenvalue weighted by Gasteiger charge is 2.51. The van der Waals surface area contributed by atoms with Gasteiger partial charge in [0.2, 0.25) is 11.4 Å². The van der Waals surface area contributed by atoms with E-state index in [1.54, 1.807) is 19.1 Å². The van der Waals surface area contributed by atoms with Crippen molar-refractivity contribution in [2.24, 2.45) is 10.1 Å². The van der Waals surface area contributed by atoms with E-state index in [0.717, 1.165) is 11.1 Å². The third-order valence-corrected chi connectivity index (χ3v) is 5.36. The highest BCUT2D eigenvalue weighted by atomic mass is 16.5. The molecule has 0 saturated carbocycles. The van der Waals surface area contributed by atoms with Gasteiger partial charge in [0.25, 0.3) is 0 Å². The molecule has 0 aliphatic carbocycles. The summed E-state index contributed by atoms with van der Waals surface area (Å²) in [5.41, 5.74) is 9.77. The lowest BCUT2D eigenvalue weighted by atomic mass is 9.85. The van der Waals surface area contributed by atoms with E-state index in [9.17, 15) is 4.79 Å². The van der Waals surface area contributed by atoms with E-state index in [-0.39, 0.29) is 19.6 Å². The van der Waals surface area contributed by atoms with Gasteiger partial charge in [-0.25, -0.2) is 9.79 Å². The minimum Gasteiger partial charge on any atom is -0.494 e. The maximum Gasteiger partial charge on any atom is 0.338 e. The number of nitrogens with zero attached hydrogens (tertiary/aromatic N) is 4. The van der Waals surface area contributed by atoms with Crippen molar-refractivity contribution < 1.29 is 24.1 Å². The molecule has 32 heavy (non-hydrogen) atoms. The zero-order valence-electron chi connectivity index (χ0n) is 18.1. The minimum atomic E-state index is -1.27. The van der Waals surface area contributed by atoms with Crippen molar-refractivity contribution in [1.82, 2.24) is 0 Å². The molecule has 1 N–H and O–H groups in total. The fraction of sp³-hybridized carbons (Fsp3) is 0.391. The van der Waals surface area contributed by atoms with Crippen LogP contribution < -0.4 is 4.74 Å². The number of methoxy groups -OCH3 is 1. The number of benzene rings is 2. The monoisotopic (exact) mass is 438 g/mol. The topological polar surface area (TPSA) is 126 Å². The largest absolute Gasteiger partial charge is 0.494 e. The summed E-state index contributed by atoms with van der Waals surface area (Å²) < 4.78 is 16.7. The predicted octanol–water partition coefficient (Wildman–Crippen LogP) is 3.58. The van der Waals surface area contributed by atoms with Gasteiger partial charge in [-0.3, -0.25) is 0 Å². The molecule has 2 aromatic rings. The normalized spacial score (nSPS) is 19.5. The van der Waals surface area contributed by atoms with Crippen molar-refractivity contribution in [3.05, 3.63) is 75.7 Å². The lowest BCUT2D eigenvalue weighted by Gasteiger charge is -2.27. The van der Waals surface area contributed by atoms with Gasteiger partial charge in [0.15, 0.2) is 0 Å². The number of ether oxygens (including phenoxy) is 3. The van der Waals surface area contributed by atoms with Crippen molar-refractivity contribution >= 4 is 11.9 Å². The van der Waals surface area contributed by atoms with Crippen LogP contribution in [0.4, 0.5) is 0 Å². The van der Waals surface area contributed by atoms with Crippen molar-refractivity contribution in [3.8, 4) is 5.75 Å². The molecule has 0 saturated heterocycles. The number of rotatable bonds is 10. The molecular weight excluding hydrogens is 412 g/mol. The van der Waals surface area contributed by atoms with E-state index in [0.29, 0.717) is 30.2 Å². The Morgan fingerprint density at radius 3 is 2.62 bits per heavy atom. The average molecular weight is 438 g/mol. The molecule has 9 nitrogen and oxygen atoms in total. The summed E-state index contributed by atoms with van der Waals surface area (Å²) in [6.45, 7) is 2.45. The second-order valence-electron chi connectivity index (χ2n) is 7.38. The van der Waals surface area contributed by atoms with Crippen LogP contribution in [-0.2, 0) is 27.2 Å². The Morgan fingerprint density at radius 2 is 1.97 bits per heavy atom. The second-order valence-corrected chi connectivity index (χ2v) is 7.38. The van der Waals surface area contributed by atoms with Gasteiger partial charge >= 0.3 is 5.97 Å². The van der Waals surface area contributed by atoms with Crippen molar-refractivity contribution in [1.29, 1.82) is 0 Å². The first kappa shape index (κ1) is 23.1. The zero-order chi connectivity index (χ0) is 23.0. The van der Waals surface area contributed by atoms with Crippen LogP contribution in [0.3, 0.4) is 0 Å². The smallest absolute Gasteiger partial charge is 0.338 e. The molecule has 0 aromatic heterocycles. The molecule has 0 bridgehead atoms. The third-order valence-electron chi connectivity index (χ3n) is 5.36. The minimum absolute atomic E-state index is 0.0716. The van der Waals surface area contributed by atoms with Gasteiger partial charge in [-0.05, 0) is 47.8 Å². The molecule has 1 aliphatic rings. The van der Waals surface area contributed by atoms with Crippen molar-refractivity contribution in [2.45, 2.75) is 38.0 Å². The lowest BCUT2D eigenvalue weighted by molar-refractivity contribution is -0.149. The quantitative estimate of drug-likeness (QED) is 0.199. The molecule has 9 heteroatoms. The number of hydrogen-bond donors (Lipinski definition) is 1. The van der Waals surface area contributed by atoms with E-state index in [1.165, 1.54) is 7.11 Å². The van der Waals surface area contributed by atoms with E-state index in [2.05, 4.69) is 10.0 Å². The Hall–Kier alpha value is -3.55.